The van der Waals surface area contributed by atoms with E-state index in [9.17, 15) is 0 Å². The van der Waals surface area contributed by atoms with Crippen LogP contribution < -0.4 is 4.74 Å². The molecule has 0 bridgehead atoms. The Morgan fingerprint density at radius 1 is 1.30 bits per heavy atom. The van der Waals surface area contributed by atoms with Gasteiger partial charge in [0, 0.05) is 25.8 Å². The SMILES string of the molecule is COC(C)(C)CCOc1ccc(C)cc1C#CCCCl. The minimum Gasteiger partial charge on any atom is -0.492 e. The zero-order valence-corrected chi connectivity index (χ0v) is 13.5. The quantitative estimate of drug-likeness (QED) is 0.579. The third-order valence-electron chi connectivity index (χ3n) is 3.09. The van der Waals surface area contributed by atoms with Gasteiger partial charge in [-0.25, -0.2) is 0 Å². The fourth-order valence-electron chi connectivity index (χ4n) is 1.58. The number of hydrogen-bond donors (Lipinski definition) is 0. The smallest absolute Gasteiger partial charge is 0.134 e. The maximum atomic E-state index is 5.85. The highest BCUT2D eigenvalue weighted by atomic mass is 35.5. The van der Waals surface area contributed by atoms with Crippen molar-refractivity contribution in [1.82, 2.24) is 0 Å². The molecule has 2 nitrogen and oxygen atoms in total. The molecule has 0 spiro atoms. The molecule has 0 amide bonds. The molecule has 1 aromatic carbocycles. The second-order valence-corrected chi connectivity index (χ2v) is 5.68. The van der Waals surface area contributed by atoms with Crippen molar-refractivity contribution < 1.29 is 9.47 Å². The second kappa shape index (κ2) is 8.19. The number of methoxy groups -OCH3 is 1. The van der Waals surface area contributed by atoms with Crippen molar-refractivity contribution in [2.75, 3.05) is 19.6 Å². The Kier molecular flexibility index (Phi) is 6.91. The summed E-state index contributed by atoms with van der Waals surface area (Å²) in [4.78, 5) is 0. The topological polar surface area (TPSA) is 18.5 Å². The van der Waals surface area contributed by atoms with Crippen molar-refractivity contribution in [2.45, 2.75) is 39.2 Å². The van der Waals surface area contributed by atoms with E-state index in [0.29, 0.717) is 18.9 Å². The van der Waals surface area contributed by atoms with Crippen LogP contribution in [-0.2, 0) is 4.74 Å². The van der Waals surface area contributed by atoms with E-state index in [1.807, 2.05) is 39.0 Å². The maximum absolute atomic E-state index is 5.85. The Morgan fingerprint density at radius 3 is 2.70 bits per heavy atom. The summed E-state index contributed by atoms with van der Waals surface area (Å²) in [7, 11) is 1.72. The number of hydrogen-bond acceptors (Lipinski definition) is 2. The van der Waals surface area contributed by atoms with Gasteiger partial charge in [0.15, 0.2) is 0 Å². The molecular formula is C17H23ClO2. The molecule has 3 heteroatoms. The van der Waals surface area contributed by atoms with E-state index in [1.165, 1.54) is 5.56 Å². The number of aryl methyl sites for hydroxylation is 1. The Balaban J connectivity index is 2.72. The fourth-order valence-corrected chi connectivity index (χ4v) is 1.68. The summed E-state index contributed by atoms with van der Waals surface area (Å²) in [6.45, 7) is 6.75. The highest BCUT2D eigenvalue weighted by molar-refractivity contribution is 6.18. The molecule has 20 heavy (non-hydrogen) atoms. The highest BCUT2D eigenvalue weighted by Gasteiger charge is 2.16. The van der Waals surface area contributed by atoms with Gasteiger partial charge >= 0.3 is 0 Å². The van der Waals surface area contributed by atoms with Gasteiger partial charge < -0.3 is 9.47 Å². The number of halogens is 1. The van der Waals surface area contributed by atoms with Gasteiger partial charge in [-0.15, -0.1) is 11.6 Å². The van der Waals surface area contributed by atoms with E-state index in [-0.39, 0.29) is 5.60 Å². The Labute approximate surface area is 127 Å². The lowest BCUT2D eigenvalue weighted by Crippen LogP contribution is -2.25. The van der Waals surface area contributed by atoms with Gasteiger partial charge in [-0.1, -0.05) is 17.9 Å². The van der Waals surface area contributed by atoms with E-state index in [0.717, 1.165) is 17.7 Å². The van der Waals surface area contributed by atoms with Gasteiger partial charge in [0.25, 0.3) is 0 Å². The van der Waals surface area contributed by atoms with Gasteiger partial charge in [-0.05, 0) is 38.5 Å². The summed E-state index contributed by atoms with van der Waals surface area (Å²) in [6.07, 6.45) is 1.51. The average Bonchev–Trinajstić information content (AvgIpc) is 2.41. The first-order valence-electron chi connectivity index (χ1n) is 6.82. The van der Waals surface area contributed by atoms with Crippen LogP contribution in [0.2, 0.25) is 0 Å². The largest absolute Gasteiger partial charge is 0.492 e. The first-order valence-corrected chi connectivity index (χ1v) is 7.35. The van der Waals surface area contributed by atoms with Crippen LogP contribution in [0.1, 0.15) is 37.8 Å². The van der Waals surface area contributed by atoms with Crippen LogP contribution in [0.15, 0.2) is 18.2 Å². The summed E-state index contributed by atoms with van der Waals surface area (Å²) in [6, 6.07) is 6.04. The third-order valence-corrected chi connectivity index (χ3v) is 3.28. The summed E-state index contributed by atoms with van der Waals surface area (Å²) in [5, 5.41) is 0. The zero-order valence-electron chi connectivity index (χ0n) is 12.8. The van der Waals surface area contributed by atoms with Crippen molar-refractivity contribution in [2.24, 2.45) is 0 Å². The summed E-state index contributed by atoms with van der Waals surface area (Å²) >= 11 is 5.64. The Bertz CT molecular complexity index is 483. The molecule has 0 unspecified atom stereocenters. The van der Waals surface area contributed by atoms with Crippen LogP contribution in [0.4, 0.5) is 0 Å². The van der Waals surface area contributed by atoms with Crippen LogP contribution in [0.3, 0.4) is 0 Å². The number of rotatable bonds is 6. The average molecular weight is 295 g/mol. The standard InChI is InChI=1S/C17H23ClO2/c1-14-8-9-16(15(13-14)7-5-6-11-18)20-12-10-17(2,3)19-4/h8-9,13H,6,10-12H2,1-4H3. The molecule has 0 aliphatic carbocycles. The van der Waals surface area contributed by atoms with Crippen LogP contribution in [0.25, 0.3) is 0 Å². The van der Waals surface area contributed by atoms with E-state index in [4.69, 9.17) is 21.1 Å². The molecule has 0 N–H and O–H groups in total. The van der Waals surface area contributed by atoms with Crippen LogP contribution in [-0.4, -0.2) is 25.2 Å². The summed E-state index contributed by atoms with van der Waals surface area (Å²) in [5.41, 5.74) is 1.92. The molecule has 1 rings (SSSR count). The predicted molar refractivity (Wildman–Crippen MR) is 84.6 cm³/mol. The van der Waals surface area contributed by atoms with Crippen LogP contribution in [0.5, 0.6) is 5.75 Å². The molecule has 110 valence electrons. The lowest BCUT2D eigenvalue weighted by Gasteiger charge is -2.22. The third kappa shape index (κ3) is 5.86. The molecule has 0 aliphatic rings. The van der Waals surface area contributed by atoms with Crippen LogP contribution in [0, 0.1) is 18.8 Å². The van der Waals surface area contributed by atoms with Gasteiger partial charge in [0.1, 0.15) is 5.75 Å². The molecular weight excluding hydrogens is 272 g/mol. The number of ether oxygens (including phenoxy) is 2. The van der Waals surface area contributed by atoms with E-state index in [1.54, 1.807) is 7.11 Å². The molecule has 0 fully saturated rings. The molecule has 0 heterocycles. The second-order valence-electron chi connectivity index (χ2n) is 5.30. The molecule has 0 aromatic heterocycles. The number of alkyl halides is 1. The van der Waals surface area contributed by atoms with Crippen molar-refractivity contribution in [3.8, 4) is 17.6 Å². The highest BCUT2D eigenvalue weighted by Crippen LogP contribution is 2.21. The normalized spacial score (nSPS) is 10.8. The van der Waals surface area contributed by atoms with Gasteiger partial charge in [-0.3, -0.25) is 0 Å². The van der Waals surface area contributed by atoms with Gasteiger partial charge in [0.05, 0.1) is 17.8 Å². The minimum atomic E-state index is -0.171. The van der Waals surface area contributed by atoms with Crippen molar-refractivity contribution in [3.05, 3.63) is 29.3 Å². The summed E-state index contributed by atoms with van der Waals surface area (Å²) < 4.78 is 11.2. The first-order chi connectivity index (χ1) is 9.48. The fraction of sp³-hybridized carbons (Fsp3) is 0.529. The van der Waals surface area contributed by atoms with Crippen molar-refractivity contribution >= 4 is 11.6 Å². The first kappa shape index (κ1) is 16.9. The van der Waals surface area contributed by atoms with Crippen molar-refractivity contribution in [1.29, 1.82) is 0 Å². The number of benzene rings is 1. The molecule has 0 atom stereocenters. The predicted octanol–water partition coefficient (Wildman–Crippen LogP) is 4.17. The molecule has 0 aliphatic heterocycles. The lowest BCUT2D eigenvalue weighted by molar-refractivity contribution is 0.00543. The molecule has 0 radical (unpaired) electrons. The van der Waals surface area contributed by atoms with Crippen molar-refractivity contribution in [3.63, 3.8) is 0 Å². The molecule has 0 saturated carbocycles. The van der Waals surface area contributed by atoms with Gasteiger partial charge in [-0.2, -0.15) is 0 Å². The van der Waals surface area contributed by atoms with Gasteiger partial charge in [0.2, 0.25) is 0 Å². The maximum Gasteiger partial charge on any atom is 0.134 e. The van der Waals surface area contributed by atoms with E-state index >= 15 is 0 Å². The minimum absolute atomic E-state index is 0.171. The molecule has 0 saturated heterocycles. The van der Waals surface area contributed by atoms with Crippen LogP contribution >= 0.6 is 11.6 Å². The molecule has 1 aromatic rings. The van der Waals surface area contributed by atoms with E-state index in [2.05, 4.69) is 11.8 Å². The summed E-state index contributed by atoms with van der Waals surface area (Å²) in [5.74, 6) is 7.55. The Morgan fingerprint density at radius 2 is 2.05 bits per heavy atom. The lowest BCUT2D eigenvalue weighted by atomic mass is 10.1. The van der Waals surface area contributed by atoms with E-state index < -0.39 is 0 Å². The monoisotopic (exact) mass is 294 g/mol. The Hall–Kier alpha value is -1.17. The zero-order chi connectivity index (χ0) is 15.0.